The van der Waals surface area contributed by atoms with E-state index in [4.69, 9.17) is 5.11 Å². The van der Waals surface area contributed by atoms with E-state index in [1.807, 2.05) is 79.9 Å². The summed E-state index contributed by atoms with van der Waals surface area (Å²) in [6.45, 7) is 6.34. The van der Waals surface area contributed by atoms with Crippen molar-refractivity contribution in [3.8, 4) is 22.4 Å². The second-order valence-corrected chi connectivity index (χ2v) is 11.2. The highest BCUT2D eigenvalue weighted by Gasteiger charge is 2.30. The molecule has 0 bridgehead atoms. The number of carbonyl (C=O) groups is 2. The lowest BCUT2D eigenvalue weighted by molar-refractivity contribution is -0.139. The molecule has 0 saturated heterocycles. The van der Waals surface area contributed by atoms with Crippen LogP contribution in [-0.4, -0.2) is 43.8 Å². The third kappa shape index (κ3) is 7.41. The second kappa shape index (κ2) is 13.7. The van der Waals surface area contributed by atoms with Crippen molar-refractivity contribution in [2.45, 2.75) is 71.1 Å². The molecule has 1 aromatic heterocycles. The molecule has 42 heavy (non-hydrogen) atoms. The minimum atomic E-state index is -1.17. The summed E-state index contributed by atoms with van der Waals surface area (Å²) in [5, 5.41) is 29.8. The SMILES string of the molecule is Cc1ccc(CC(=O)c2c(-c3ccccc3)c(-c3ccc(F)cc3)n(CC[C@@H](O)C[C@@H](O)CC(=O)O)c2C(C)C)cc1. The number of rotatable bonds is 13. The van der Waals surface area contributed by atoms with Crippen molar-refractivity contribution < 1.29 is 29.3 Å². The molecule has 1 heterocycles. The summed E-state index contributed by atoms with van der Waals surface area (Å²) in [7, 11) is 0. The van der Waals surface area contributed by atoms with E-state index in [0.29, 0.717) is 12.1 Å². The molecule has 4 aromatic rings. The van der Waals surface area contributed by atoms with Crippen LogP contribution in [0.1, 0.15) is 66.2 Å². The van der Waals surface area contributed by atoms with Gasteiger partial charge in [0.2, 0.25) is 0 Å². The summed E-state index contributed by atoms with van der Waals surface area (Å²) in [6.07, 6.45) is -2.24. The van der Waals surface area contributed by atoms with Crippen molar-refractivity contribution in [1.82, 2.24) is 4.57 Å². The zero-order valence-corrected chi connectivity index (χ0v) is 24.3. The molecule has 3 aromatic carbocycles. The van der Waals surface area contributed by atoms with E-state index in [-0.39, 0.29) is 36.8 Å². The van der Waals surface area contributed by atoms with Crippen molar-refractivity contribution in [3.63, 3.8) is 0 Å². The number of aliphatic hydroxyl groups is 2. The first-order valence-electron chi connectivity index (χ1n) is 14.3. The van der Waals surface area contributed by atoms with E-state index in [0.717, 1.165) is 39.2 Å². The Bertz CT molecular complexity index is 1510. The number of carbonyl (C=O) groups excluding carboxylic acids is 1. The number of aliphatic hydroxyl groups excluding tert-OH is 2. The van der Waals surface area contributed by atoms with Crippen LogP contribution in [0.5, 0.6) is 0 Å². The number of benzene rings is 3. The van der Waals surface area contributed by atoms with Crippen molar-refractivity contribution in [2.24, 2.45) is 0 Å². The molecule has 0 amide bonds. The number of halogens is 1. The van der Waals surface area contributed by atoms with Crippen LogP contribution in [0.15, 0.2) is 78.9 Å². The van der Waals surface area contributed by atoms with Gasteiger partial charge in [-0.1, -0.05) is 74.0 Å². The van der Waals surface area contributed by atoms with Crippen molar-refractivity contribution in [3.05, 3.63) is 107 Å². The highest BCUT2D eigenvalue weighted by atomic mass is 19.1. The molecule has 0 fully saturated rings. The third-order valence-corrected chi connectivity index (χ3v) is 7.44. The molecule has 0 aliphatic heterocycles. The van der Waals surface area contributed by atoms with Gasteiger partial charge in [-0.2, -0.15) is 0 Å². The largest absolute Gasteiger partial charge is 0.481 e. The molecule has 4 rings (SSSR count). The Morgan fingerprint density at radius 3 is 2.10 bits per heavy atom. The number of ketones is 1. The molecule has 2 atom stereocenters. The number of aromatic nitrogens is 1. The van der Waals surface area contributed by atoms with Crippen LogP contribution in [0.3, 0.4) is 0 Å². The van der Waals surface area contributed by atoms with Crippen molar-refractivity contribution >= 4 is 11.8 Å². The van der Waals surface area contributed by atoms with Gasteiger partial charge in [-0.25, -0.2) is 4.39 Å². The molecule has 0 spiro atoms. The molecule has 6 nitrogen and oxygen atoms in total. The Morgan fingerprint density at radius 1 is 0.857 bits per heavy atom. The number of carboxylic acids is 1. The lowest BCUT2D eigenvalue weighted by atomic mass is 9.90. The summed E-state index contributed by atoms with van der Waals surface area (Å²) in [6, 6.07) is 23.7. The zero-order chi connectivity index (χ0) is 30.4. The van der Waals surface area contributed by atoms with Gasteiger partial charge in [0.05, 0.1) is 24.3 Å². The van der Waals surface area contributed by atoms with Gasteiger partial charge >= 0.3 is 5.97 Å². The van der Waals surface area contributed by atoms with Gasteiger partial charge < -0.3 is 19.9 Å². The summed E-state index contributed by atoms with van der Waals surface area (Å²) < 4.78 is 16.1. The van der Waals surface area contributed by atoms with Crippen LogP contribution in [0.2, 0.25) is 0 Å². The van der Waals surface area contributed by atoms with E-state index in [1.54, 1.807) is 12.1 Å². The first-order chi connectivity index (χ1) is 20.0. The molecule has 0 aliphatic rings. The Labute approximate surface area is 246 Å². The summed E-state index contributed by atoms with van der Waals surface area (Å²) in [5.74, 6) is -1.62. The maximum absolute atomic E-state index is 14.2. The van der Waals surface area contributed by atoms with Crippen LogP contribution in [-0.2, 0) is 17.8 Å². The fraction of sp³-hybridized carbons (Fsp3) is 0.314. The van der Waals surface area contributed by atoms with E-state index in [1.165, 1.54) is 12.1 Å². The van der Waals surface area contributed by atoms with Crippen LogP contribution < -0.4 is 0 Å². The highest BCUT2D eigenvalue weighted by molar-refractivity contribution is 6.08. The maximum Gasteiger partial charge on any atom is 0.305 e. The lowest BCUT2D eigenvalue weighted by Crippen LogP contribution is -2.22. The van der Waals surface area contributed by atoms with Gasteiger partial charge in [0, 0.05) is 29.8 Å². The quantitative estimate of drug-likeness (QED) is 0.153. The molecule has 0 saturated carbocycles. The van der Waals surface area contributed by atoms with Gasteiger partial charge in [-0.15, -0.1) is 0 Å². The Balaban J connectivity index is 1.89. The van der Waals surface area contributed by atoms with Gasteiger partial charge in [0.15, 0.2) is 5.78 Å². The van der Waals surface area contributed by atoms with E-state index < -0.39 is 24.6 Å². The minimum Gasteiger partial charge on any atom is -0.481 e. The summed E-state index contributed by atoms with van der Waals surface area (Å²) in [5.41, 5.74) is 6.49. The number of hydrogen-bond donors (Lipinski definition) is 3. The van der Waals surface area contributed by atoms with E-state index in [2.05, 4.69) is 0 Å². The molecular formula is C35H38FNO5. The number of hydrogen-bond acceptors (Lipinski definition) is 4. The Kier molecular flexibility index (Phi) is 10.1. The third-order valence-electron chi connectivity index (χ3n) is 7.44. The van der Waals surface area contributed by atoms with E-state index >= 15 is 0 Å². The van der Waals surface area contributed by atoms with Crippen LogP contribution >= 0.6 is 0 Å². The molecule has 0 aliphatic carbocycles. The normalized spacial score (nSPS) is 12.8. The highest BCUT2D eigenvalue weighted by Crippen LogP contribution is 2.43. The number of Topliss-reactive ketones (excluding diaryl/α,β-unsaturated/α-hetero) is 1. The molecule has 7 heteroatoms. The first kappa shape index (κ1) is 30.9. The fourth-order valence-corrected chi connectivity index (χ4v) is 5.52. The topological polar surface area (TPSA) is 99.8 Å². The number of aliphatic carboxylic acids is 1. The number of carboxylic acid groups (broad SMARTS) is 1. The molecule has 0 unspecified atom stereocenters. The molecular weight excluding hydrogens is 533 g/mol. The minimum absolute atomic E-state index is 0.0408. The van der Waals surface area contributed by atoms with Crippen LogP contribution in [0, 0.1) is 12.7 Å². The summed E-state index contributed by atoms with van der Waals surface area (Å²) in [4.78, 5) is 25.2. The Hall–Kier alpha value is -4.07. The predicted molar refractivity (Wildman–Crippen MR) is 162 cm³/mol. The summed E-state index contributed by atoms with van der Waals surface area (Å²) >= 11 is 0. The van der Waals surface area contributed by atoms with Crippen molar-refractivity contribution in [2.75, 3.05) is 0 Å². The fourth-order valence-electron chi connectivity index (χ4n) is 5.52. The first-order valence-corrected chi connectivity index (χ1v) is 14.3. The molecule has 0 radical (unpaired) electrons. The van der Waals surface area contributed by atoms with E-state index in [9.17, 15) is 24.2 Å². The number of aryl methyl sites for hydroxylation is 1. The average molecular weight is 572 g/mol. The monoisotopic (exact) mass is 571 g/mol. The smallest absolute Gasteiger partial charge is 0.305 e. The van der Waals surface area contributed by atoms with Gasteiger partial charge in [-0.05, 0) is 66.6 Å². The number of nitrogens with zero attached hydrogens (tertiary/aromatic N) is 1. The predicted octanol–water partition coefficient (Wildman–Crippen LogP) is 6.80. The standard InChI is InChI=1S/C35H38FNO5/c1-22(2)34-33(30(40)19-24-11-9-23(3)10-12-24)32(25-7-5-4-6-8-25)35(26-13-15-27(36)16-14-26)37(34)18-17-28(38)20-29(39)21-31(41)42/h4-16,22,28-29,38-39H,17-21H2,1-3H3,(H,41,42)/t28-,29-/m1/s1. The van der Waals surface area contributed by atoms with Crippen LogP contribution in [0.25, 0.3) is 22.4 Å². The van der Waals surface area contributed by atoms with Crippen molar-refractivity contribution in [1.29, 1.82) is 0 Å². The molecule has 220 valence electrons. The van der Waals surface area contributed by atoms with Gasteiger partial charge in [0.1, 0.15) is 5.82 Å². The Morgan fingerprint density at radius 2 is 1.50 bits per heavy atom. The average Bonchev–Trinajstić information content (AvgIpc) is 3.29. The maximum atomic E-state index is 14.2. The zero-order valence-electron chi connectivity index (χ0n) is 24.3. The molecule has 3 N–H and O–H groups in total. The van der Waals surface area contributed by atoms with Gasteiger partial charge in [-0.3, -0.25) is 9.59 Å². The van der Waals surface area contributed by atoms with Crippen LogP contribution in [0.4, 0.5) is 4.39 Å². The lowest BCUT2D eigenvalue weighted by Gasteiger charge is -2.20. The van der Waals surface area contributed by atoms with Gasteiger partial charge in [0.25, 0.3) is 0 Å². The second-order valence-electron chi connectivity index (χ2n) is 11.2.